The molecule has 7 heteroatoms. The van der Waals surface area contributed by atoms with Gasteiger partial charge in [0.25, 0.3) is 5.91 Å². The maximum Gasteiger partial charge on any atom is 0.276 e. The Morgan fingerprint density at radius 1 is 1.21 bits per heavy atom. The first-order valence-electron chi connectivity index (χ1n) is 5.56. The van der Waals surface area contributed by atoms with E-state index in [1.54, 1.807) is 38.1 Å². The molecule has 0 aromatic heterocycles. The molecule has 3 N–H and O–H groups in total. The molecule has 0 heterocycles. The van der Waals surface area contributed by atoms with Gasteiger partial charge in [0, 0.05) is 10.9 Å². The summed E-state index contributed by atoms with van der Waals surface area (Å²) in [5.74, 6) is -0.603. The SMILES string of the molecule is CC(C)NC(=O)C(=NO)C(=NO)Sc1ccccc1. The maximum atomic E-state index is 11.8. The van der Waals surface area contributed by atoms with Crippen molar-refractivity contribution in [1.82, 2.24) is 5.32 Å². The second-order valence-electron chi connectivity index (χ2n) is 3.90. The van der Waals surface area contributed by atoms with Crippen LogP contribution in [0.1, 0.15) is 13.8 Å². The van der Waals surface area contributed by atoms with Crippen molar-refractivity contribution in [2.75, 3.05) is 0 Å². The number of amides is 1. The molecule has 19 heavy (non-hydrogen) atoms. The highest BCUT2D eigenvalue weighted by atomic mass is 32.2. The quantitative estimate of drug-likeness (QED) is 0.258. The highest BCUT2D eigenvalue weighted by Crippen LogP contribution is 2.19. The molecule has 1 rings (SSSR count). The highest BCUT2D eigenvalue weighted by Gasteiger charge is 2.21. The first kappa shape index (κ1) is 15.0. The number of nitrogens with one attached hydrogen (secondary N) is 1. The molecule has 0 saturated heterocycles. The van der Waals surface area contributed by atoms with Gasteiger partial charge < -0.3 is 15.7 Å². The van der Waals surface area contributed by atoms with Gasteiger partial charge >= 0.3 is 0 Å². The van der Waals surface area contributed by atoms with Crippen molar-refractivity contribution in [3.8, 4) is 0 Å². The summed E-state index contributed by atoms with van der Waals surface area (Å²) in [5, 5.41) is 26.3. The second-order valence-corrected chi connectivity index (χ2v) is 4.96. The van der Waals surface area contributed by atoms with E-state index in [2.05, 4.69) is 15.6 Å². The van der Waals surface area contributed by atoms with Crippen molar-refractivity contribution in [2.24, 2.45) is 10.3 Å². The molecule has 0 aliphatic carbocycles. The lowest BCUT2D eigenvalue weighted by atomic mass is 10.3. The zero-order valence-electron chi connectivity index (χ0n) is 10.6. The van der Waals surface area contributed by atoms with Gasteiger partial charge in [0.2, 0.25) is 5.71 Å². The lowest BCUT2D eigenvalue weighted by Gasteiger charge is -2.09. The average molecular weight is 281 g/mol. The van der Waals surface area contributed by atoms with Crippen molar-refractivity contribution in [3.63, 3.8) is 0 Å². The first-order chi connectivity index (χ1) is 9.08. The van der Waals surface area contributed by atoms with Crippen LogP contribution in [-0.2, 0) is 4.79 Å². The standard InChI is InChI=1S/C12H15N3O3S/c1-8(2)13-11(16)10(14-17)12(15-18)19-9-6-4-3-5-7-9/h3-8,17-18H,1-2H3,(H,13,16). The Kier molecular flexibility index (Phi) is 5.87. The molecule has 1 aromatic carbocycles. The topological polar surface area (TPSA) is 94.3 Å². The molecule has 0 spiro atoms. The fraction of sp³-hybridized carbons (Fsp3) is 0.250. The van der Waals surface area contributed by atoms with Crippen molar-refractivity contribution in [2.45, 2.75) is 24.8 Å². The Hall–Kier alpha value is -2.02. The molecular formula is C12H15N3O3S. The average Bonchev–Trinajstić information content (AvgIpc) is 2.38. The zero-order chi connectivity index (χ0) is 14.3. The van der Waals surface area contributed by atoms with Gasteiger partial charge in [-0.2, -0.15) is 0 Å². The molecule has 6 nitrogen and oxygen atoms in total. The molecule has 0 saturated carbocycles. The number of carbonyl (C=O) groups is 1. The number of rotatable bonds is 4. The van der Waals surface area contributed by atoms with Crippen LogP contribution in [0.5, 0.6) is 0 Å². The van der Waals surface area contributed by atoms with Gasteiger partial charge in [-0.05, 0) is 26.0 Å². The van der Waals surface area contributed by atoms with E-state index in [4.69, 9.17) is 10.4 Å². The molecule has 0 unspecified atom stereocenters. The summed E-state index contributed by atoms with van der Waals surface area (Å²) in [4.78, 5) is 12.5. The smallest absolute Gasteiger partial charge is 0.276 e. The summed E-state index contributed by atoms with van der Waals surface area (Å²) < 4.78 is 0. The minimum atomic E-state index is -0.603. The van der Waals surface area contributed by atoms with E-state index < -0.39 is 5.91 Å². The third-order valence-corrected chi connectivity index (χ3v) is 2.96. The van der Waals surface area contributed by atoms with E-state index in [0.717, 1.165) is 16.7 Å². The van der Waals surface area contributed by atoms with Crippen LogP contribution in [0.3, 0.4) is 0 Å². The van der Waals surface area contributed by atoms with E-state index in [0.29, 0.717) is 0 Å². The largest absolute Gasteiger partial charge is 0.410 e. The van der Waals surface area contributed by atoms with Crippen molar-refractivity contribution in [3.05, 3.63) is 30.3 Å². The lowest BCUT2D eigenvalue weighted by molar-refractivity contribution is -0.115. The maximum absolute atomic E-state index is 11.8. The minimum absolute atomic E-state index is 0.0770. The number of benzene rings is 1. The van der Waals surface area contributed by atoms with Crippen LogP contribution < -0.4 is 5.32 Å². The first-order valence-corrected chi connectivity index (χ1v) is 6.38. The number of nitrogens with zero attached hydrogens (tertiary/aromatic N) is 2. The third-order valence-electron chi connectivity index (χ3n) is 1.99. The number of thioether (sulfide) groups is 1. The second kappa shape index (κ2) is 7.42. The predicted molar refractivity (Wildman–Crippen MR) is 74.0 cm³/mol. The Balaban J connectivity index is 2.87. The number of hydrogen-bond acceptors (Lipinski definition) is 6. The van der Waals surface area contributed by atoms with Gasteiger partial charge in [-0.25, -0.2) is 0 Å². The summed E-state index contributed by atoms with van der Waals surface area (Å²) in [6.45, 7) is 3.54. The van der Waals surface area contributed by atoms with Gasteiger partial charge in [0.15, 0.2) is 5.04 Å². The molecule has 0 atom stereocenters. The predicted octanol–water partition coefficient (Wildman–Crippen LogP) is 1.92. The van der Waals surface area contributed by atoms with Gasteiger partial charge in [0.05, 0.1) is 0 Å². The van der Waals surface area contributed by atoms with Crippen LogP contribution in [-0.4, -0.2) is 33.1 Å². The molecule has 1 aromatic rings. The number of oxime groups is 2. The van der Waals surface area contributed by atoms with E-state index in [9.17, 15) is 4.79 Å². The molecule has 102 valence electrons. The van der Waals surface area contributed by atoms with E-state index >= 15 is 0 Å². The molecule has 0 fully saturated rings. The van der Waals surface area contributed by atoms with Crippen LogP contribution in [0.15, 0.2) is 45.5 Å². The zero-order valence-corrected chi connectivity index (χ0v) is 11.4. The minimum Gasteiger partial charge on any atom is -0.410 e. The molecule has 0 aliphatic rings. The van der Waals surface area contributed by atoms with Gasteiger partial charge in [-0.1, -0.05) is 40.3 Å². The van der Waals surface area contributed by atoms with Gasteiger partial charge in [-0.3, -0.25) is 4.79 Å². The summed E-state index contributed by atoms with van der Waals surface area (Å²) >= 11 is 1.03. The van der Waals surface area contributed by atoms with Gasteiger partial charge in [0.1, 0.15) is 0 Å². The molecule has 0 bridgehead atoms. The Morgan fingerprint density at radius 2 is 1.84 bits per heavy atom. The van der Waals surface area contributed by atoms with E-state index in [1.165, 1.54) is 0 Å². The summed E-state index contributed by atoms with van der Waals surface area (Å²) in [6.07, 6.45) is 0. The monoisotopic (exact) mass is 281 g/mol. The molecule has 0 aliphatic heterocycles. The Morgan fingerprint density at radius 3 is 2.32 bits per heavy atom. The van der Waals surface area contributed by atoms with Crippen LogP contribution >= 0.6 is 11.8 Å². The van der Waals surface area contributed by atoms with Crippen LogP contribution in [0.25, 0.3) is 0 Å². The number of carbonyl (C=O) groups excluding carboxylic acids is 1. The third kappa shape index (κ3) is 4.63. The van der Waals surface area contributed by atoms with Crippen LogP contribution in [0.4, 0.5) is 0 Å². The number of hydrogen-bond donors (Lipinski definition) is 3. The fourth-order valence-corrected chi connectivity index (χ4v) is 2.02. The Labute approximate surface area is 115 Å². The summed E-state index contributed by atoms with van der Waals surface area (Å²) in [7, 11) is 0. The van der Waals surface area contributed by atoms with Crippen LogP contribution in [0, 0.1) is 0 Å². The van der Waals surface area contributed by atoms with E-state index in [1.807, 2.05) is 6.07 Å². The highest BCUT2D eigenvalue weighted by molar-refractivity contribution is 8.16. The lowest BCUT2D eigenvalue weighted by Crippen LogP contribution is -2.39. The normalized spacial score (nSPS) is 12.6. The molecular weight excluding hydrogens is 266 g/mol. The van der Waals surface area contributed by atoms with Crippen LogP contribution in [0.2, 0.25) is 0 Å². The Bertz CT molecular complexity index is 486. The summed E-state index contributed by atoms with van der Waals surface area (Å²) in [5.41, 5.74) is -0.329. The molecule has 1 amide bonds. The summed E-state index contributed by atoms with van der Waals surface area (Å²) in [6, 6.07) is 8.90. The van der Waals surface area contributed by atoms with Gasteiger partial charge in [-0.15, -0.1) is 0 Å². The van der Waals surface area contributed by atoms with Crippen molar-refractivity contribution < 1.29 is 15.2 Å². The molecule has 0 radical (unpaired) electrons. The fourth-order valence-electron chi connectivity index (χ4n) is 1.23. The van der Waals surface area contributed by atoms with Crippen molar-refractivity contribution >= 4 is 28.4 Å². The van der Waals surface area contributed by atoms with E-state index in [-0.39, 0.29) is 16.8 Å². The van der Waals surface area contributed by atoms with Crippen molar-refractivity contribution in [1.29, 1.82) is 0 Å².